The molecule has 0 radical (unpaired) electrons. The van der Waals surface area contributed by atoms with Crippen molar-refractivity contribution < 1.29 is 0 Å². The highest BCUT2D eigenvalue weighted by Crippen LogP contribution is 2.47. The third kappa shape index (κ3) is 2.73. The van der Waals surface area contributed by atoms with Crippen LogP contribution in [0.1, 0.15) is 42.6 Å². The van der Waals surface area contributed by atoms with Crippen LogP contribution in [0.25, 0.3) is 0 Å². The van der Waals surface area contributed by atoms with Crippen LogP contribution in [0.4, 0.5) is 0 Å². The van der Waals surface area contributed by atoms with E-state index in [0.717, 1.165) is 31.2 Å². The van der Waals surface area contributed by atoms with Crippen molar-refractivity contribution in [1.29, 1.82) is 0 Å². The summed E-state index contributed by atoms with van der Waals surface area (Å²) in [7, 11) is 3.91. The fourth-order valence-electron chi connectivity index (χ4n) is 4.01. The molecule has 0 atom stereocenters. The van der Waals surface area contributed by atoms with Crippen molar-refractivity contribution in [3.05, 3.63) is 17.0 Å². The number of likely N-dealkylation sites (tertiary alicyclic amines) is 1. The van der Waals surface area contributed by atoms with Gasteiger partial charge in [-0.15, -0.1) is 0 Å². The Labute approximate surface area is 133 Å². The molecule has 1 saturated heterocycles. The van der Waals surface area contributed by atoms with Gasteiger partial charge in [0.1, 0.15) is 0 Å². The second-order valence-corrected chi connectivity index (χ2v) is 7.02. The summed E-state index contributed by atoms with van der Waals surface area (Å²) in [6, 6.07) is 0. The zero-order valence-electron chi connectivity index (χ0n) is 14.4. The number of aryl methyl sites for hydroxylation is 2. The minimum Gasteiger partial charge on any atom is -0.356 e. The van der Waals surface area contributed by atoms with Crippen molar-refractivity contribution in [2.45, 2.75) is 46.0 Å². The molecule has 1 aromatic heterocycles. The first-order chi connectivity index (χ1) is 10.5. The first-order valence-corrected chi connectivity index (χ1v) is 8.49. The maximum atomic E-state index is 4.49. The molecule has 0 aromatic carbocycles. The molecule has 1 N–H and O–H groups in total. The van der Waals surface area contributed by atoms with E-state index < -0.39 is 0 Å². The number of guanidine groups is 1. The standard InChI is InChI=1S/C17H29N5/c1-13-15(14(2)21(4)20-13)6-10-19-16(18-3)22-11-9-17(12-22)7-5-8-17/h5-12H2,1-4H3,(H,18,19). The fourth-order valence-corrected chi connectivity index (χ4v) is 4.01. The molecule has 5 nitrogen and oxygen atoms in total. The zero-order valence-corrected chi connectivity index (χ0v) is 14.4. The molecule has 1 aliphatic carbocycles. The average Bonchev–Trinajstić information content (AvgIpc) is 3.00. The molecule has 2 fully saturated rings. The van der Waals surface area contributed by atoms with Crippen LogP contribution in [0, 0.1) is 19.3 Å². The van der Waals surface area contributed by atoms with Crippen LogP contribution in [0.2, 0.25) is 0 Å². The van der Waals surface area contributed by atoms with Gasteiger partial charge in [0.2, 0.25) is 0 Å². The van der Waals surface area contributed by atoms with Crippen molar-refractivity contribution >= 4 is 5.96 Å². The predicted molar refractivity (Wildman–Crippen MR) is 90.2 cm³/mol. The van der Waals surface area contributed by atoms with Crippen LogP contribution in [0.3, 0.4) is 0 Å². The lowest BCUT2D eigenvalue weighted by Crippen LogP contribution is -2.43. The highest BCUT2D eigenvalue weighted by molar-refractivity contribution is 5.80. The molecule has 1 aromatic rings. The minimum absolute atomic E-state index is 0.619. The molecule has 1 aliphatic heterocycles. The largest absolute Gasteiger partial charge is 0.356 e. The Morgan fingerprint density at radius 3 is 2.59 bits per heavy atom. The molecular weight excluding hydrogens is 274 g/mol. The molecule has 3 rings (SSSR count). The number of hydrogen-bond donors (Lipinski definition) is 1. The van der Waals surface area contributed by atoms with Crippen LogP contribution >= 0.6 is 0 Å². The smallest absolute Gasteiger partial charge is 0.193 e. The van der Waals surface area contributed by atoms with Gasteiger partial charge < -0.3 is 10.2 Å². The summed E-state index contributed by atoms with van der Waals surface area (Å²) < 4.78 is 1.97. The quantitative estimate of drug-likeness (QED) is 0.686. The Morgan fingerprint density at radius 1 is 1.32 bits per heavy atom. The average molecular weight is 303 g/mol. The summed E-state index contributed by atoms with van der Waals surface area (Å²) in [6.07, 6.45) is 6.58. The van der Waals surface area contributed by atoms with E-state index in [1.54, 1.807) is 0 Å². The van der Waals surface area contributed by atoms with Gasteiger partial charge in [0, 0.05) is 39.4 Å². The van der Waals surface area contributed by atoms with Gasteiger partial charge in [-0.25, -0.2) is 0 Å². The Bertz CT molecular complexity index is 568. The van der Waals surface area contributed by atoms with E-state index in [1.807, 2.05) is 18.8 Å². The predicted octanol–water partition coefficient (Wildman–Crippen LogP) is 2.03. The summed E-state index contributed by atoms with van der Waals surface area (Å²) in [5.41, 5.74) is 4.39. The summed E-state index contributed by atoms with van der Waals surface area (Å²) in [5.74, 6) is 1.07. The van der Waals surface area contributed by atoms with Gasteiger partial charge in [-0.3, -0.25) is 9.67 Å². The highest BCUT2D eigenvalue weighted by atomic mass is 15.3. The topological polar surface area (TPSA) is 45.5 Å². The number of aliphatic imine (C=N–C) groups is 1. The molecule has 22 heavy (non-hydrogen) atoms. The van der Waals surface area contributed by atoms with Crippen molar-refractivity contribution in [2.24, 2.45) is 17.5 Å². The summed E-state index contributed by atoms with van der Waals surface area (Å²) in [4.78, 5) is 6.93. The maximum absolute atomic E-state index is 4.49. The van der Waals surface area contributed by atoms with Crippen molar-refractivity contribution in [2.75, 3.05) is 26.7 Å². The minimum atomic E-state index is 0.619. The maximum Gasteiger partial charge on any atom is 0.193 e. The van der Waals surface area contributed by atoms with Crippen molar-refractivity contribution in [3.8, 4) is 0 Å². The molecular formula is C17H29N5. The summed E-state index contributed by atoms with van der Waals surface area (Å²) in [5, 5.41) is 8.04. The second kappa shape index (κ2) is 5.94. The molecule has 0 amide bonds. The van der Waals surface area contributed by atoms with Gasteiger partial charge in [0.05, 0.1) is 5.69 Å². The second-order valence-electron chi connectivity index (χ2n) is 7.02. The Kier molecular flexibility index (Phi) is 4.15. The van der Waals surface area contributed by atoms with Gasteiger partial charge in [-0.1, -0.05) is 6.42 Å². The molecule has 1 spiro atoms. The van der Waals surface area contributed by atoms with E-state index in [-0.39, 0.29) is 0 Å². The lowest BCUT2D eigenvalue weighted by molar-refractivity contribution is 0.151. The monoisotopic (exact) mass is 303 g/mol. The van der Waals surface area contributed by atoms with E-state index in [9.17, 15) is 0 Å². The van der Waals surface area contributed by atoms with Gasteiger partial charge in [-0.05, 0) is 50.5 Å². The number of nitrogens with zero attached hydrogens (tertiary/aromatic N) is 4. The van der Waals surface area contributed by atoms with Crippen molar-refractivity contribution in [1.82, 2.24) is 20.0 Å². The van der Waals surface area contributed by atoms with Crippen molar-refractivity contribution in [3.63, 3.8) is 0 Å². The molecule has 2 aliphatic rings. The Morgan fingerprint density at radius 2 is 2.09 bits per heavy atom. The third-order valence-electron chi connectivity index (χ3n) is 5.68. The Hall–Kier alpha value is -1.52. The lowest BCUT2D eigenvalue weighted by Gasteiger charge is -2.38. The SMILES string of the molecule is CN=C(NCCc1c(C)nn(C)c1C)N1CCC2(CCC2)C1. The summed E-state index contributed by atoms with van der Waals surface area (Å²) >= 11 is 0. The number of hydrogen-bond acceptors (Lipinski definition) is 2. The van der Waals surface area contributed by atoms with E-state index >= 15 is 0 Å². The Balaban J connectivity index is 1.54. The van der Waals surface area contributed by atoms with Crippen LogP contribution in [0.15, 0.2) is 4.99 Å². The van der Waals surface area contributed by atoms with Crippen LogP contribution < -0.4 is 5.32 Å². The third-order valence-corrected chi connectivity index (χ3v) is 5.68. The van der Waals surface area contributed by atoms with Crippen LogP contribution in [-0.2, 0) is 13.5 Å². The molecule has 1 saturated carbocycles. The van der Waals surface area contributed by atoms with E-state index in [4.69, 9.17) is 0 Å². The first-order valence-electron chi connectivity index (χ1n) is 8.49. The van der Waals surface area contributed by atoms with Crippen LogP contribution in [-0.4, -0.2) is 47.3 Å². The van der Waals surface area contributed by atoms with E-state index in [2.05, 4.69) is 34.2 Å². The van der Waals surface area contributed by atoms with Gasteiger partial charge in [0.15, 0.2) is 5.96 Å². The molecule has 0 unspecified atom stereocenters. The molecule has 0 bridgehead atoms. The number of aromatic nitrogens is 2. The number of nitrogens with one attached hydrogen (secondary N) is 1. The van der Waals surface area contributed by atoms with E-state index in [1.165, 1.54) is 43.5 Å². The van der Waals surface area contributed by atoms with Gasteiger partial charge >= 0.3 is 0 Å². The molecule has 122 valence electrons. The number of rotatable bonds is 3. The van der Waals surface area contributed by atoms with Gasteiger partial charge in [-0.2, -0.15) is 5.10 Å². The summed E-state index contributed by atoms with van der Waals surface area (Å²) in [6.45, 7) is 7.51. The molecule has 5 heteroatoms. The lowest BCUT2D eigenvalue weighted by atomic mass is 9.68. The zero-order chi connectivity index (χ0) is 15.7. The van der Waals surface area contributed by atoms with E-state index in [0.29, 0.717) is 5.41 Å². The highest BCUT2D eigenvalue weighted by Gasteiger charge is 2.43. The first kappa shape index (κ1) is 15.4. The normalized spacial score (nSPS) is 20.5. The van der Waals surface area contributed by atoms with Crippen LogP contribution in [0.5, 0.6) is 0 Å². The fraction of sp³-hybridized carbons (Fsp3) is 0.765. The molecule has 2 heterocycles. The van der Waals surface area contributed by atoms with Gasteiger partial charge in [0.25, 0.3) is 0 Å².